The summed E-state index contributed by atoms with van der Waals surface area (Å²) in [5.74, 6) is 0. The average molecular weight is 258 g/mol. The maximum atomic E-state index is 10.6. The summed E-state index contributed by atoms with van der Waals surface area (Å²) in [6, 6.07) is 7.32. The monoisotopic (exact) mass is 257 g/mol. The van der Waals surface area contributed by atoms with E-state index in [9.17, 15) is 4.79 Å². The number of benzene rings is 1. The molecule has 0 unspecified atom stereocenters. The highest BCUT2D eigenvalue weighted by atomic mass is 35.5. The van der Waals surface area contributed by atoms with Crippen LogP contribution in [0.3, 0.4) is 0 Å². The Hall–Kier alpha value is -0.940. The van der Waals surface area contributed by atoms with Gasteiger partial charge in [0.1, 0.15) is 6.29 Å². The molecule has 1 aromatic rings. The molecular formula is C12H16ClNO3. The molecule has 1 aliphatic rings. The van der Waals surface area contributed by atoms with E-state index in [4.69, 9.17) is 9.47 Å². The van der Waals surface area contributed by atoms with Crippen LogP contribution in [0.15, 0.2) is 24.3 Å². The zero-order chi connectivity index (χ0) is 11.4. The summed E-state index contributed by atoms with van der Waals surface area (Å²) in [7, 11) is 1.65. The Balaban J connectivity index is 0.00000144. The molecule has 1 heterocycles. The van der Waals surface area contributed by atoms with E-state index in [1.54, 1.807) is 19.2 Å². The molecule has 5 heteroatoms. The first-order valence-electron chi connectivity index (χ1n) is 5.24. The van der Waals surface area contributed by atoms with Crippen molar-refractivity contribution in [3.8, 4) is 0 Å². The van der Waals surface area contributed by atoms with Gasteiger partial charge in [-0.3, -0.25) is 10.1 Å². The van der Waals surface area contributed by atoms with Crippen molar-refractivity contribution in [2.24, 2.45) is 0 Å². The Morgan fingerprint density at radius 3 is 2.59 bits per heavy atom. The van der Waals surface area contributed by atoms with Gasteiger partial charge in [-0.2, -0.15) is 0 Å². The number of aldehydes is 1. The van der Waals surface area contributed by atoms with Crippen LogP contribution in [0, 0.1) is 0 Å². The van der Waals surface area contributed by atoms with Crippen molar-refractivity contribution in [1.29, 1.82) is 0 Å². The van der Waals surface area contributed by atoms with Crippen LogP contribution in [-0.4, -0.2) is 33.2 Å². The van der Waals surface area contributed by atoms with Crippen molar-refractivity contribution in [1.82, 2.24) is 5.32 Å². The van der Waals surface area contributed by atoms with Crippen molar-refractivity contribution in [2.75, 3.05) is 26.9 Å². The summed E-state index contributed by atoms with van der Waals surface area (Å²) in [5.41, 5.74) is 1.05. The first-order chi connectivity index (χ1) is 7.80. The second kappa shape index (κ2) is 6.12. The largest absolute Gasteiger partial charge is 0.375 e. The summed E-state index contributed by atoms with van der Waals surface area (Å²) < 4.78 is 10.9. The number of methoxy groups -OCH3 is 1. The molecule has 0 radical (unpaired) electrons. The van der Waals surface area contributed by atoms with E-state index >= 15 is 0 Å². The highest BCUT2D eigenvalue weighted by Gasteiger charge is 2.34. The number of carbonyl (C=O) groups excluding carboxylic acids is 1. The number of ether oxygens (including phenoxy) is 2. The molecule has 0 aliphatic carbocycles. The number of carbonyl (C=O) groups is 1. The number of halogens is 1. The van der Waals surface area contributed by atoms with E-state index in [1.165, 1.54) is 0 Å². The van der Waals surface area contributed by atoms with E-state index in [1.807, 2.05) is 12.1 Å². The van der Waals surface area contributed by atoms with Crippen molar-refractivity contribution < 1.29 is 14.3 Å². The fraction of sp³-hybridized carbons (Fsp3) is 0.417. The summed E-state index contributed by atoms with van der Waals surface area (Å²) in [4.78, 5) is 10.6. The van der Waals surface area contributed by atoms with Gasteiger partial charge in [-0.25, -0.2) is 0 Å². The molecule has 1 saturated heterocycles. The molecule has 0 amide bonds. The summed E-state index contributed by atoms with van der Waals surface area (Å²) in [5, 5.41) is 3.30. The summed E-state index contributed by atoms with van der Waals surface area (Å²) in [6.07, 6.45) is 0.827. The molecule has 4 nitrogen and oxygen atoms in total. The number of hydrogen-bond donors (Lipinski definition) is 1. The lowest BCUT2D eigenvalue weighted by atomic mass is 10.0. The lowest BCUT2D eigenvalue weighted by Gasteiger charge is -2.37. The van der Waals surface area contributed by atoms with Gasteiger partial charge >= 0.3 is 0 Å². The molecule has 0 aromatic heterocycles. The van der Waals surface area contributed by atoms with Gasteiger partial charge < -0.3 is 9.47 Å². The minimum absolute atomic E-state index is 0. The van der Waals surface area contributed by atoms with Gasteiger partial charge in [0, 0.05) is 24.8 Å². The van der Waals surface area contributed by atoms with Gasteiger partial charge in [-0.05, 0) is 0 Å². The number of morpholine rings is 1. The van der Waals surface area contributed by atoms with Gasteiger partial charge in [-0.15, -0.1) is 12.4 Å². The van der Waals surface area contributed by atoms with Crippen molar-refractivity contribution in [2.45, 2.75) is 5.72 Å². The smallest absolute Gasteiger partial charge is 0.168 e. The average Bonchev–Trinajstić information content (AvgIpc) is 2.39. The maximum absolute atomic E-state index is 10.6. The van der Waals surface area contributed by atoms with Crippen LogP contribution in [0.25, 0.3) is 0 Å². The maximum Gasteiger partial charge on any atom is 0.168 e. The number of rotatable bonds is 3. The van der Waals surface area contributed by atoms with Gasteiger partial charge in [0.2, 0.25) is 0 Å². The molecule has 0 bridgehead atoms. The second-order valence-electron chi connectivity index (χ2n) is 3.75. The Kier molecular flexibility index (Phi) is 5.08. The van der Waals surface area contributed by atoms with Crippen LogP contribution in [0.2, 0.25) is 0 Å². The zero-order valence-corrected chi connectivity index (χ0v) is 10.5. The molecule has 94 valence electrons. The van der Waals surface area contributed by atoms with Crippen LogP contribution in [-0.2, 0) is 15.2 Å². The molecule has 1 fully saturated rings. The van der Waals surface area contributed by atoms with Crippen LogP contribution < -0.4 is 5.32 Å². The third-order valence-corrected chi connectivity index (χ3v) is 2.82. The van der Waals surface area contributed by atoms with Crippen molar-refractivity contribution >= 4 is 18.7 Å². The van der Waals surface area contributed by atoms with E-state index in [0.717, 1.165) is 18.4 Å². The first-order valence-corrected chi connectivity index (χ1v) is 5.24. The highest BCUT2D eigenvalue weighted by molar-refractivity contribution is 5.85. The number of hydrogen-bond acceptors (Lipinski definition) is 4. The first kappa shape index (κ1) is 14.1. The quantitative estimate of drug-likeness (QED) is 0.831. The summed E-state index contributed by atoms with van der Waals surface area (Å²) >= 11 is 0. The van der Waals surface area contributed by atoms with Crippen LogP contribution >= 0.6 is 12.4 Å². The van der Waals surface area contributed by atoms with E-state index in [2.05, 4.69) is 5.32 Å². The Bertz CT molecular complexity index is 361. The van der Waals surface area contributed by atoms with Gasteiger partial charge in [-0.1, -0.05) is 24.3 Å². The molecule has 0 saturated carbocycles. The molecule has 1 N–H and O–H groups in total. The Morgan fingerprint density at radius 1 is 1.41 bits per heavy atom. The van der Waals surface area contributed by atoms with Crippen LogP contribution in [0.4, 0.5) is 0 Å². The molecule has 2 rings (SSSR count). The minimum Gasteiger partial charge on any atom is -0.375 e. The molecule has 0 spiro atoms. The predicted molar refractivity (Wildman–Crippen MR) is 66.6 cm³/mol. The third-order valence-electron chi connectivity index (χ3n) is 2.82. The van der Waals surface area contributed by atoms with E-state index in [0.29, 0.717) is 18.8 Å². The van der Waals surface area contributed by atoms with Gasteiger partial charge in [0.25, 0.3) is 0 Å². The Labute approximate surface area is 107 Å². The fourth-order valence-corrected chi connectivity index (χ4v) is 1.86. The lowest BCUT2D eigenvalue weighted by Crippen LogP contribution is -2.52. The molecule has 1 aromatic carbocycles. The minimum atomic E-state index is -0.584. The lowest BCUT2D eigenvalue weighted by molar-refractivity contribution is -0.130. The molecule has 17 heavy (non-hydrogen) atoms. The summed E-state index contributed by atoms with van der Waals surface area (Å²) in [6.45, 7) is 1.92. The normalized spacial score (nSPS) is 23.8. The van der Waals surface area contributed by atoms with Crippen LogP contribution in [0.1, 0.15) is 15.9 Å². The zero-order valence-electron chi connectivity index (χ0n) is 9.64. The second-order valence-corrected chi connectivity index (χ2v) is 3.75. The fourth-order valence-electron chi connectivity index (χ4n) is 1.86. The SMILES string of the molecule is CO[C@]1(c2ccc(C=O)cc2)COCCN1.Cl. The van der Waals surface area contributed by atoms with Crippen LogP contribution in [0.5, 0.6) is 0 Å². The van der Waals surface area contributed by atoms with E-state index in [-0.39, 0.29) is 12.4 Å². The molecule has 1 atom stereocenters. The molecule has 1 aliphatic heterocycles. The van der Waals surface area contributed by atoms with Crippen molar-refractivity contribution in [3.63, 3.8) is 0 Å². The standard InChI is InChI=1S/C12H15NO3.ClH/c1-15-12(9-16-7-6-13-12)11-4-2-10(8-14)3-5-11;/h2-5,8,13H,6-7,9H2,1H3;1H/t12-;/m0./s1. The highest BCUT2D eigenvalue weighted by Crippen LogP contribution is 2.24. The van der Waals surface area contributed by atoms with E-state index < -0.39 is 5.72 Å². The number of nitrogens with one attached hydrogen (secondary N) is 1. The topological polar surface area (TPSA) is 47.6 Å². The van der Waals surface area contributed by atoms with Crippen molar-refractivity contribution in [3.05, 3.63) is 35.4 Å². The third kappa shape index (κ3) is 2.84. The molecular weight excluding hydrogens is 242 g/mol. The Morgan fingerprint density at radius 2 is 2.12 bits per heavy atom. The van der Waals surface area contributed by atoms with Gasteiger partial charge in [0.05, 0.1) is 13.2 Å². The van der Waals surface area contributed by atoms with Gasteiger partial charge in [0.15, 0.2) is 5.72 Å². The predicted octanol–water partition coefficient (Wildman–Crippen LogP) is 1.34.